The molecule has 5 rings (SSSR count). The molecule has 8 nitrogen and oxygen atoms in total. The monoisotopic (exact) mass is 323 g/mol. The number of hydrogen-bond donors (Lipinski definition) is 1. The average molecular weight is 323 g/mol. The lowest BCUT2D eigenvalue weighted by Gasteiger charge is -2.54. The molecule has 3 fully saturated rings. The second-order valence-electron chi connectivity index (χ2n) is 6.47. The second-order valence-corrected chi connectivity index (χ2v) is 6.47. The van der Waals surface area contributed by atoms with Gasteiger partial charge in [-0.15, -0.1) is 0 Å². The number of carbonyl (C=O) groups is 1. The molecule has 0 spiro atoms. The van der Waals surface area contributed by atoms with Gasteiger partial charge >= 0.3 is 6.03 Å². The fourth-order valence-electron chi connectivity index (χ4n) is 3.76. The minimum Gasteiger partial charge on any atom is -0.318 e. The van der Waals surface area contributed by atoms with Crippen LogP contribution in [0, 0.1) is 17.2 Å². The summed E-state index contributed by atoms with van der Waals surface area (Å²) in [5.41, 5.74) is 0.837. The highest BCUT2D eigenvalue weighted by Gasteiger charge is 2.46. The number of nitrogens with one attached hydrogen (secondary N) is 1. The van der Waals surface area contributed by atoms with Gasteiger partial charge in [0.2, 0.25) is 0 Å². The van der Waals surface area contributed by atoms with Crippen molar-refractivity contribution in [1.82, 2.24) is 24.9 Å². The summed E-state index contributed by atoms with van der Waals surface area (Å²) in [5.74, 6) is 1.08. The predicted molar refractivity (Wildman–Crippen MR) is 85.3 cm³/mol. The Labute approximate surface area is 139 Å². The van der Waals surface area contributed by atoms with E-state index < -0.39 is 0 Å². The predicted octanol–water partition coefficient (Wildman–Crippen LogP) is 1.94. The minimum atomic E-state index is -0.125. The van der Waals surface area contributed by atoms with Gasteiger partial charge in [0.25, 0.3) is 0 Å². The molecule has 1 saturated carbocycles. The highest BCUT2D eigenvalue weighted by Crippen LogP contribution is 2.41. The number of pyridine rings is 1. The van der Waals surface area contributed by atoms with E-state index in [9.17, 15) is 10.1 Å². The van der Waals surface area contributed by atoms with Gasteiger partial charge in [0.15, 0.2) is 0 Å². The standard InChI is InChI=1S/C16H17N7O/c1-10-4-12-6-13(5-10)22(12)16(24)21-15-7-14(11(8-17)9-18-15)23-19-2-3-20-23/h2-3,7,9-10,12-13H,4-6H2,1H3,(H,18,21,24). The Morgan fingerprint density at radius 2 is 2.00 bits per heavy atom. The van der Waals surface area contributed by atoms with Crippen LogP contribution in [0.1, 0.15) is 31.7 Å². The van der Waals surface area contributed by atoms with Gasteiger partial charge in [-0.25, -0.2) is 9.78 Å². The molecule has 122 valence electrons. The van der Waals surface area contributed by atoms with Gasteiger partial charge in [-0.2, -0.15) is 20.3 Å². The van der Waals surface area contributed by atoms with E-state index in [1.54, 1.807) is 6.07 Å². The lowest BCUT2D eigenvalue weighted by molar-refractivity contribution is -0.00603. The van der Waals surface area contributed by atoms with Crippen LogP contribution in [0.5, 0.6) is 0 Å². The molecule has 0 aromatic carbocycles. The number of fused-ring (bicyclic) bond motifs is 2. The van der Waals surface area contributed by atoms with E-state index in [0.717, 1.165) is 19.3 Å². The van der Waals surface area contributed by atoms with Crippen molar-refractivity contribution < 1.29 is 4.79 Å². The number of piperidine rings is 1. The zero-order valence-electron chi connectivity index (χ0n) is 13.3. The van der Waals surface area contributed by atoms with Crippen molar-refractivity contribution in [1.29, 1.82) is 5.26 Å². The summed E-state index contributed by atoms with van der Waals surface area (Å²) in [6.45, 7) is 2.24. The Kier molecular flexibility index (Phi) is 3.41. The lowest BCUT2D eigenvalue weighted by Crippen LogP contribution is -2.63. The Bertz CT molecular complexity index is 798. The van der Waals surface area contributed by atoms with Crippen LogP contribution < -0.4 is 5.32 Å². The second kappa shape index (κ2) is 5.60. The van der Waals surface area contributed by atoms with Crippen molar-refractivity contribution in [2.45, 2.75) is 38.3 Å². The molecule has 1 N–H and O–H groups in total. The molecular weight excluding hydrogens is 306 g/mol. The molecule has 2 aliphatic heterocycles. The topological polar surface area (TPSA) is 99.7 Å². The van der Waals surface area contributed by atoms with Crippen molar-refractivity contribution in [2.24, 2.45) is 5.92 Å². The van der Waals surface area contributed by atoms with Crippen LogP contribution in [0.3, 0.4) is 0 Å². The number of rotatable bonds is 2. The Balaban J connectivity index is 1.54. The number of amides is 2. The molecule has 2 bridgehead atoms. The molecule has 3 aliphatic rings. The van der Waals surface area contributed by atoms with E-state index in [4.69, 9.17) is 0 Å². The quantitative estimate of drug-likeness (QED) is 0.910. The number of hydrogen-bond acceptors (Lipinski definition) is 5. The first kappa shape index (κ1) is 14.6. The van der Waals surface area contributed by atoms with Gasteiger partial charge in [0.1, 0.15) is 17.6 Å². The van der Waals surface area contributed by atoms with E-state index in [0.29, 0.717) is 35.1 Å². The Morgan fingerprint density at radius 3 is 2.67 bits per heavy atom. The summed E-state index contributed by atoms with van der Waals surface area (Å²) < 4.78 is 0. The first-order valence-corrected chi connectivity index (χ1v) is 8.02. The van der Waals surface area contributed by atoms with Gasteiger partial charge in [-0.05, 0) is 25.2 Å². The van der Waals surface area contributed by atoms with Crippen LogP contribution >= 0.6 is 0 Å². The third kappa shape index (κ3) is 2.38. The summed E-state index contributed by atoms with van der Waals surface area (Å²) >= 11 is 0. The molecule has 2 aromatic heterocycles. The zero-order valence-corrected chi connectivity index (χ0v) is 13.3. The molecule has 2 atom stereocenters. The minimum absolute atomic E-state index is 0.125. The van der Waals surface area contributed by atoms with Gasteiger partial charge in [0, 0.05) is 24.3 Å². The molecule has 4 heterocycles. The van der Waals surface area contributed by atoms with Crippen molar-refractivity contribution in [3.8, 4) is 11.8 Å². The molecule has 2 saturated heterocycles. The van der Waals surface area contributed by atoms with E-state index in [2.05, 4.69) is 33.5 Å². The van der Waals surface area contributed by atoms with E-state index in [1.165, 1.54) is 23.4 Å². The highest BCUT2D eigenvalue weighted by molar-refractivity contribution is 5.90. The fraction of sp³-hybridized carbons (Fsp3) is 0.438. The average Bonchev–Trinajstić information content (AvgIpc) is 3.08. The molecule has 8 heteroatoms. The molecule has 2 unspecified atom stereocenters. The number of anilines is 1. The largest absolute Gasteiger partial charge is 0.323 e. The number of nitrogens with zero attached hydrogens (tertiary/aromatic N) is 6. The maximum absolute atomic E-state index is 12.5. The van der Waals surface area contributed by atoms with Crippen molar-refractivity contribution >= 4 is 11.8 Å². The van der Waals surface area contributed by atoms with Crippen LogP contribution in [0.15, 0.2) is 24.7 Å². The smallest absolute Gasteiger partial charge is 0.318 e. The Morgan fingerprint density at radius 1 is 1.29 bits per heavy atom. The van der Waals surface area contributed by atoms with E-state index in [1.807, 2.05) is 4.90 Å². The summed E-state index contributed by atoms with van der Waals surface area (Å²) in [7, 11) is 0. The number of carbonyl (C=O) groups excluding carboxylic acids is 1. The van der Waals surface area contributed by atoms with Crippen molar-refractivity contribution in [3.05, 3.63) is 30.2 Å². The summed E-state index contributed by atoms with van der Waals surface area (Å²) in [4.78, 5) is 20.0. The molecule has 1 aliphatic carbocycles. The maximum atomic E-state index is 12.5. The first-order chi connectivity index (χ1) is 11.7. The molecule has 2 amide bonds. The number of urea groups is 1. The fourth-order valence-corrected chi connectivity index (χ4v) is 3.76. The van der Waals surface area contributed by atoms with Crippen LogP contribution in [0.2, 0.25) is 0 Å². The maximum Gasteiger partial charge on any atom is 0.323 e. The van der Waals surface area contributed by atoms with Crippen molar-refractivity contribution in [2.75, 3.05) is 5.32 Å². The SMILES string of the molecule is CC1CC2CC(C1)N2C(=O)Nc1cc(-n2nccn2)c(C#N)cn1. The van der Waals surface area contributed by atoms with Crippen molar-refractivity contribution in [3.63, 3.8) is 0 Å². The molecular formula is C16H17N7O. The normalized spacial score (nSPS) is 24.8. The van der Waals surface area contributed by atoms with E-state index in [-0.39, 0.29) is 6.03 Å². The molecule has 0 radical (unpaired) electrons. The Hall–Kier alpha value is -2.95. The third-order valence-corrected chi connectivity index (χ3v) is 4.79. The van der Waals surface area contributed by atoms with Crippen LogP contribution in [-0.2, 0) is 0 Å². The van der Waals surface area contributed by atoms with Crippen LogP contribution in [0.25, 0.3) is 5.69 Å². The van der Waals surface area contributed by atoms with Gasteiger partial charge in [0.05, 0.1) is 18.0 Å². The lowest BCUT2D eigenvalue weighted by atomic mass is 9.74. The highest BCUT2D eigenvalue weighted by atomic mass is 16.2. The zero-order chi connectivity index (χ0) is 16.7. The molecule has 2 aromatic rings. The molecule has 24 heavy (non-hydrogen) atoms. The summed E-state index contributed by atoms with van der Waals surface area (Å²) in [5, 5.41) is 20.1. The summed E-state index contributed by atoms with van der Waals surface area (Å²) in [6, 6.07) is 4.23. The number of aromatic nitrogens is 4. The van der Waals surface area contributed by atoms with Gasteiger partial charge < -0.3 is 4.90 Å². The number of nitriles is 1. The first-order valence-electron chi connectivity index (χ1n) is 8.02. The van der Waals surface area contributed by atoms with Gasteiger partial charge in [-0.1, -0.05) is 6.92 Å². The third-order valence-electron chi connectivity index (χ3n) is 4.79. The van der Waals surface area contributed by atoms with Crippen LogP contribution in [-0.4, -0.2) is 43.0 Å². The summed E-state index contributed by atoms with van der Waals surface area (Å²) in [6.07, 6.45) is 7.71. The van der Waals surface area contributed by atoms with Gasteiger partial charge in [-0.3, -0.25) is 5.32 Å². The van der Waals surface area contributed by atoms with E-state index >= 15 is 0 Å². The van der Waals surface area contributed by atoms with Crippen LogP contribution in [0.4, 0.5) is 10.6 Å².